The number of hydrogen-bond donors (Lipinski definition) is 2. The summed E-state index contributed by atoms with van der Waals surface area (Å²) in [5.41, 5.74) is 8.95. The first-order valence-electron chi connectivity index (χ1n) is 12.7. The van der Waals surface area contributed by atoms with Crippen molar-refractivity contribution in [2.24, 2.45) is 11.7 Å². The highest BCUT2D eigenvalue weighted by atomic mass is 32.1. The first-order valence-corrected chi connectivity index (χ1v) is 13.6. The average molecular weight is 560 g/mol. The molecule has 3 amide bonds. The number of aryl methyl sites for hydroxylation is 2. The molecule has 204 valence electrons. The number of anilines is 1. The molecule has 1 aromatic heterocycles. The Morgan fingerprint density at radius 2 is 1.55 bits per heavy atom. The van der Waals surface area contributed by atoms with Gasteiger partial charge in [0.05, 0.1) is 12.0 Å². The Kier molecular flexibility index (Phi) is 7.49. The van der Waals surface area contributed by atoms with Crippen LogP contribution in [-0.2, 0) is 4.79 Å². The molecule has 6 nitrogen and oxygen atoms in total. The number of amides is 3. The molecular formula is C31H27F2N3O3S. The van der Waals surface area contributed by atoms with Gasteiger partial charge in [-0.2, -0.15) is 0 Å². The maximum atomic E-state index is 14.4. The number of rotatable bonds is 6. The predicted molar refractivity (Wildman–Crippen MR) is 150 cm³/mol. The molecule has 5 rings (SSSR count). The third kappa shape index (κ3) is 5.12. The van der Waals surface area contributed by atoms with Crippen molar-refractivity contribution >= 4 is 34.7 Å². The second kappa shape index (κ2) is 11.0. The topological polar surface area (TPSA) is 92.5 Å². The third-order valence-corrected chi connectivity index (χ3v) is 8.41. The number of halogens is 2. The molecule has 1 fully saturated rings. The molecule has 3 aromatic carbocycles. The number of ketones is 1. The maximum Gasteiger partial charge on any atom is 0.323 e. The van der Waals surface area contributed by atoms with Crippen molar-refractivity contribution < 1.29 is 23.2 Å². The van der Waals surface area contributed by atoms with Gasteiger partial charge in [-0.25, -0.2) is 13.6 Å². The minimum atomic E-state index is -1.24. The van der Waals surface area contributed by atoms with Gasteiger partial charge in [-0.1, -0.05) is 35.9 Å². The molecular weight excluding hydrogens is 532 g/mol. The molecule has 0 spiro atoms. The highest BCUT2D eigenvalue weighted by Gasteiger charge is 2.57. The molecule has 4 unspecified atom stereocenters. The molecule has 1 aliphatic heterocycles. The summed E-state index contributed by atoms with van der Waals surface area (Å²) >= 11 is 1.37. The molecule has 4 atom stereocenters. The van der Waals surface area contributed by atoms with Crippen molar-refractivity contribution in [1.29, 1.82) is 0 Å². The van der Waals surface area contributed by atoms with Gasteiger partial charge in [0.15, 0.2) is 5.78 Å². The largest absolute Gasteiger partial charge is 0.368 e. The van der Waals surface area contributed by atoms with E-state index in [0.29, 0.717) is 16.8 Å². The van der Waals surface area contributed by atoms with Crippen LogP contribution in [0, 0.1) is 31.4 Å². The quantitative estimate of drug-likeness (QED) is 0.269. The number of likely N-dealkylation sites (tertiary alicyclic amines) is 1. The number of benzene rings is 3. The molecule has 1 saturated heterocycles. The van der Waals surface area contributed by atoms with E-state index in [1.54, 1.807) is 18.2 Å². The molecule has 2 heterocycles. The van der Waals surface area contributed by atoms with Crippen LogP contribution in [0.15, 0.2) is 84.2 Å². The molecule has 0 bridgehead atoms. The van der Waals surface area contributed by atoms with E-state index in [0.717, 1.165) is 16.0 Å². The number of carbonyl (C=O) groups excluding carboxylic acids is 3. The van der Waals surface area contributed by atoms with Gasteiger partial charge in [0.1, 0.15) is 17.7 Å². The summed E-state index contributed by atoms with van der Waals surface area (Å²) in [5, 5.41) is 4.60. The molecule has 0 aliphatic carbocycles. The Labute approximate surface area is 234 Å². The van der Waals surface area contributed by atoms with Gasteiger partial charge in [-0.15, -0.1) is 11.3 Å². The second-order valence-corrected chi connectivity index (χ2v) is 10.9. The summed E-state index contributed by atoms with van der Waals surface area (Å²) in [7, 11) is 0. The van der Waals surface area contributed by atoms with E-state index in [1.807, 2.05) is 31.4 Å². The summed E-state index contributed by atoms with van der Waals surface area (Å²) < 4.78 is 27.5. The molecule has 40 heavy (non-hydrogen) atoms. The fourth-order valence-electron chi connectivity index (χ4n) is 5.55. The lowest BCUT2D eigenvalue weighted by molar-refractivity contribution is -0.122. The van der Waals surface area contributed by atoms with Crippen LogP contribution in [-0.4, -0.2) is 28.7 Å². The van der Waals surface area contributed by atoms with E-state index in [-0.39, 0.29) is 5.78 Å². The van der Waals surface area contributed by atoms with Gasteiger partial charge in [-0.3, -0.25) is 9.59 Å². The van der Waals surface area contributed by atoms with Crippen LogP contribution in [0.5, 0.6) is 0 Å². The number of primary amides is 1. The van der Waals surface area contributed by atoms with Crippen LogP contribution in [0.4, 0.5) is 19.3 Å². The van der Waals surface area contributed by atoms with Crippen LogP contribution in [0.25, 0.3) is 0 Å². The van der Waals surface area contributed by atoms with E-state index in [9.17, 15) is 23.2 Å². The lowest BCUT2D eigenvalue weighted by Crippen LogP contribution is -2.48. The monoisotopic (exact) mass is 559 g/mol. The number of Topliss-reactive ketones (excluding diaryl/α,β-unsaturated/α-hetero) is 1. The fourth-order valence-corrected chi connectivity index (χ4v) is 6.62. The normalized spacial score (nSPS) is 20.4. The highest BCUT2D eigenvalue weighted by Crippen LogP contribution is 2.53. The number of nitrogens with zero attached hydrogens (tertiary/aromatic N) is 1. The summed E-state index contributed by atoms with van der Waals surface area (Å²) in [4.78, 5) is 43.6. The van der Waals surface area contributed by atoms with Crippen molar-refractivity contribution in [2.45, 2.75) is 31.8 Å². The lowest BCUT2D eigenvalue weighted by Gasteiger charge is -2.30. The van der Waals surface area contributed by atoms with Gasteiger partial charge < -0.3 is 16.0 Å². The summed E-state index contributed by atoms with van der Waals surface area (Å²) in [6, 6.07) is 17.0. The van der Waals surface area contributed by atoms with Crippen molar-refractivity contribution in [1.82, 2.24) is 4.90 Å². The van der Waals surface area contributed by atoms with Crippen LogP contribution < -0.4 is 11.1 Å². The zero-order chi connectivity index (χ0) is 28.6. The summed E-state index contributed by atoms with van der Waals surface area (Å²) in [6.07, 6.45) is 0. The number of thiophene rings is 1. The van der Waals surface area contributed by atoms with Crippen molar-refractivity contribution in [3.8, 4) is 0 Å². The number of nitrogens with one attached hydrogen (secondary N) is 1. The smallest absolute Gasteiger partial charge is 0.323 e. The molecule has 0 radical (unpaired) electrons. The van der Waals surface area contributed by atoms with Crippen LogP contribution in [0.2, 0.25) is 0 Å². The zero-order valence-corrected chi connectivity index (χ0v) is 22.6. The second-order valence-electron chi connectivity index (χ2n) is 9.94. The zero-order valence-electron chi connectivity index (χ0n) is 21.8. The minimum Gasteiger partial charge on any atom is -0.368 e. The fraction of sp³-hybridized carbons (Fsp3) is 0.194. The average Bonchev–Trinajstić information content (AvgIpc) is 3.51. The van der Waals surface area contributed by atoms with Crippen LogP contribution in [0.3, 0.4) is 0 Å². The third-order valence-electron chi connectivity index (χ3n) is 7.32. The molecule has 4 aromatic rings. The molecule has 0 saturated carbocycles. The number of nitrogens with two attached hydrogens (primary N) is 1. The standard InChI is InChI=1S/C31H27F2N3O3S/c1-17-4-3-5-20(16-17)28(37)25-24(19-6-8-21(32)9-7-19)27(30(34)38)36(26(25)29-18(2)14-15-40-29)31(39)35-23-12-10-22(33)11-13-23/h3-16,24-27H,1-2H3,(H2,34,38)(H,35,39). The Bertz CT molecular complexity index is 1570. The van der Waals surface area contributed by atoms with Crippen molar-refractivity contribution in [3.05, 3.63) is 123 Å². The Balaban J connectivity index is 1.72. The van der Waals surface area contributed by atoms with Gasteiger partial charge >= 0.3 is 6.03 Å². The number of urea groups is 1. The van der Waals surface area contributed by atoms with E-state index in [1.165, 1.54) is 64.8 Å². The first kappa shape index (κ1) is 27.2. The number of carbonyl (C=O) groups is 3. The highest BCUT2D eigenvalue weighted by molar-refractivity contribution is 7.10. The van der Waals surface area contributed by atoms with Gasteiger partial charge in [0.25, 0.3) is 0 Å². The van der Waals surface area contributed by atoms with Crippen molar-refractivity contribution in [2.75, 3.05) is 5.32 Å². The van der Waals surface area contributed by atoms with Crippen LogP contribution in [0.1, 0.15) is 43.9 Å². The molecule has 3 N–H and O–H groups in total. The lowest BCUT2D eigenvalue weighted by atomic mass is 9.76. The van der Waals surface area contributed by atoms with Gasteiger partial charge in [0, 0.05) is 22.0 Å². The van der Waals surface area contributed by atoms with E-state index in [2.05, 4.69) is 5.32 Å². The summed E-state index contributed by atoms with van der Waals surface area (Å²) in [5.74, 6) is -3.80. The van der Waals surface area contributed by atoms with E-state index < -0.39 is 47.5 Å². The van der Waals surface area contributed by atoms with E-state index in [4.69, 9.17) is 5.73 Å². The minimum absolute atomic E-state index is 0.265. The van der Waals surface area contributed by atoms with E-state index >= 15 is 0 Å². The van der Waals surface area contributed by atoms with Crippen molar-refractivity contribution in [3.63, 3.8) is 0 Å². The Morgan fingerprint density at radius 3 is 2.12 bits per heavy atom. The van der Waals surface area contributed by atoms with Gasteiger partial charge in [0.2, 0.25) is 5.91 Å². The number of hydrogen-bond acceptors (Lipinski definition) is 4. The summed E-state index contributed by atoms with van der Waals surface area (Å²) in [6.45, 7) is 3.75. The molecule has 1 aliphatic rings. The SMILES string of the molecule is Cc1cccc(C(=O)C2C(c3ccc(F)cc3)C(C(N)=O)N(C(=O)Nc3ccc(F)cc3)C2c2sccc2C)c1. The van der Waals surface area contributed by atoms with Gasteiger partial charge in [-0.05, 0) is 78.9 Å². The Morgan fingerprint density at radius 1 is 0.900 bits per heavy atom. The first-order chi connectivity index (χ1) is 19.2. The predicted octanol–water partition coefficient (Wildman–Crippen LogP) is 6.37. The Hall–Kier alpha value is -4.37. The van der Waals surface area contributed by atoms with Crippen LogP contribution >= 0.6 is 11.3 Å². The maximum absolute atomic E-state index is 14.4. The molecule has 9 heteroatoms.